The number of carbonyl (C=O) groups is 1. The van der Waals surface area contributed by atoms with Gasteiger partial charge in [-0.1, -0.05) is 31.5 Å². The van der Waals surface area contributed by atoms with E-state index in [0.29, 0.717) is 17.6 Å². The fourth-order valence-corrected chi connectivity index (χ4v) is 5.49. The number of esters is 1. The highest BCUT2D eigenvalue weighted by molar-refractivity contribution is 7.89. The number of carbonyl (C=O) groups excluding carboxylic acids is 1. The zero-order valence-corrected chi connectivity index (χ0v) is 19.9. The van der Waals surface area contributed by atoms with Crippen LogP contribution in [0.5, 0.6) is 5.75 Å². The Balaban J connectivity index is 1.63. The molecule has 0 bridgehead atoms. The van der Waals surface area contributed by atoms with Gasteiger partial charge in [0.05, 0.1) is 4.90 Å². The van der Waals surface area contributed by atoms with Crippen molar-refractivity contribution in [2.24, 2.45) is 5.92 Å². The highest BCUT2D eigenvalue weighted by Crippen LogP contribution is 2.33. The van der Waals surface area contributed by atoms with E-state index in [-0.39, 0.29) is 22.2 Å². The lowest BCUT2D eigenvalue weighted by atomic mass is 10.0. The first kappa shape index (κ1) is 23.2. The largest absolute Gasteiger partial charge is 0.425 e. The van der Waals surface area contributed by atoms with E-state index in [1.165, 1.54) is 12.1 Å². The summed E-state index contributed by atoms with van der Waals surface area (Å²) in [5, 5.41) is 0.847. The SMILES string of the molecule is Cc1ccc(S(=O)(=O)N[C@H](C(=O)Oc2ccc3c4c(c(=O)oc3c2C)CCC4)C(C)C)cc1. The lowest BCUT2D eigenvalue weighted by molar-refractivity contribution is -0.137. The molecule has 1 N–H and O–H groups in total. The minimum atomic E-state index is -3.93. The Morgan fingerprint density at radius 2 is 1.70 bits per heavy atom. The fraction of sp³-hybridized carbons (Fsp3) is 0.360. The summed E-state index contributed by atoms with van der Waals surface area (Å²) in [7, 11) is -3.93. The molecule has 0 unspecified atom stereocenters. The van der Waals surface area contributed by atoms with Crippen molar-refractivity contribution in [2.75, 3.05) is 0 Å². The summed E-state index contributed by atoms with van der Waals surface area (Å²) in [5.74, 6) is -0.861. The molecule has 0 saturated heterocycles. The lowest BCUT2D eigenvalue weighted by Crippen LogP contribution is -2.46. The van der Waals surface area contributed by atoms with Crippen LogP contribution in [0.1, 0.15) is 42.5 Å². The van der Waals surface area contributed by atoms with E-state index in [1.807, 2.05) is 6.92 Å². The quantitative estimate of drug-likeness (QED) is 0.335. The molecule has 1 aliphatic carbocycles. The summed E-state index contributed by atoms with van der Waals surface area (Å²) < 4.78 is 39.3. The van der Waals surface area contributed by atoms with Gasteiger partial charge in [-0.05, 0) is 68.9 Å². The number of hydrogen-bond donors (Lipinski definition) is 1. The van der Waals surface area contributed by atoms with Crippen LogP contribution in [0, 0.1) is 19.8 Å². The molecule has 0 radical (unpaired) electrons. The standard InChI is InChI=1S/C25H27NO6S/c1-14(2)22(26-33(29,30)17-10-8-15(3)9-11-17)25(28)31-21-13-12-19-18-6-5-7-20(18)24(27)32-23(19)16(21)4/h8-14,22,26H,5-7H2,1-4H3/t22-/m0/s1. The first-order valence-electron chi connectivity index (χ1n) is 11.0. The Morgan fingerprint density at radius 1 is 1.03 bits per heavy atom. The second-order valence-corrected chi connectivity index (χ2v) is 10.6. The van der Waals surface area contributed by atoms with Crippen LogP contribution >= 0.6 is 0 Å². The number of benzene rings is 2. The maximum absolute atomic E-state index is 13.0. The third kappa shape index (κ3) is 4.45. The molecule has 0 aliphatic heterocycles. The van der Waals surface area contributed by atoms with Gasteiger partial charge in [-0.15, -0.1) is 0 Å². The summed E-state index contributed by atoms with van der Waals surface area (Å²) >= 11 is 0. The summed E-state index contributed by atoms with van der Waals surface area (Å²) in [4.78, 5) is 25.5. The minimum Gasteiger partial charge on any atom is -0.425 e. The molecule has 4 rings (SSSR count). The highest BCUT2D eigenvalue weighted by atomic mass is 32.2. The molecule has 1 aliphatic rings. The number of nitrogens with one attached hydrogen (secondary N) is 1. The molecule has 0 saturated carbocycles. The zero-order chi connectivity index (χ0) is 23.9. The molecule has 33 heavy (non-hydrogen) atoms. The van der Waals surface area contributed by atoms with Crippen molar-refractivity contribution in [3.8, 4) is 5.75 Å². The molecule has 1 aromatic heterocycles. The molecular weight excluding hydrogens is 442 g/mol. The van der Waals surface area contributed by atoms with Gasteiger partial charge in [-0.3, -0.25) is 0 Å². The van der Waals surface area contributed by atoms with Crippen molar-refractivity contribution in [1.29, 1.82) is 0 Å². The van der Waals surface area contributed by atoms with Crippen molar-refractivity contribution in [2.45, 2.75) is 57.9 Å². The smallest absolute Gasteiger partial charge is 0.339 e. The number of sulfonamides is 1. The average molecular weight is 470 g/mol. The number of rotatable bonds is 6. The summed E-state index contributed by atoms with van der Waals surface area (Å²) in [6, 6.07) is 8.74. The van der Waals surface area contributed by atoms with E-state index in [4.69, 9.17) is 9.15 Å². The third-order valence-corrected chi connectivity index (χ3v) is 7.54. The van der Waals surface area contributed by atoms with Crippen molar-refractivity contribution < 1.29 is 22.4 Å². The molecule has 1 atom stereocenters. The molecule has 7 nitrogen and oxygen atoms in total. The lowest BCUT2D eigenvalue weighted by Gasteiger charge is -2.21. The Kier molecular flexibility index (Phi) is 6.16. The Hall–Kier alpha value is -2.97. The van der Waals surface area contributed by atoms with Crippen LogP contribution in [0.2, 0.25) is 0 Å². The Bertz CT molecular complexity index is 1390. The second-order valence-electron chi connectivity index (χ2n) is 8.84. The predicted octanol–water partition coefficient (Wildman–Crippen LogP) is 3.81. The second kappa shape index (κ2) is 8.76. The molecule has 3 aromatic rings. The minimum absolute atomic E-state index is 0.0732. The van der Waals surface area contributed by atoms with Gasteiger partial charge in [-0.25, -0.2) is 18.0 Å². The fourth-order valence-electron chi connectivity index (χ4n) is 4.15. The Morgan fingerprint density at radius 3 is 2.36 bits per heavy atom. The first-order chi connectivity index (χ1) is 15.6. The van der Waals surface area contributed by atoms with Gasteiger partial charge in [0.2, 0.25) is 10.0 Å². The zero-order valence-electron chi connectivity index (χ0n) is 19.1. The summed E-state index contributed by atoms with van der Waals surface area (Å²) in [6.45, 7) is 7.05. The van der Waals surface area contributed by atoms with Crippen molar-refractivity contribution in [3.05, 3.63) is 69.1 Å². The summed E-state index contributed by atoms with van der Waals surface area (Å²) in [5.41, 5.74) is 3.21. The van der Waals surface area contributed by atoms with Crippen LogP contribution in [-0.2, 0) is 27.7 Å². The Labute approximate surface area is 192 Å². The molecule has 0 amide bonds. The predicted molar refractivity (Wildman–Crippen MR) is 125 cm³/mol. The van der Waals surface area contributed by atoms with Gasteiger partial charge >= 0.3 is 11.6 Å². The van der Waals surface area contributed by atoms with E-state index in [1.54, 1.807) is 45.0 Å². The highest BCUT2D eigenvalue weighted by Gasteiger charge is 2.31. The van der Waals surface area contributed by atoms with Crippen LogP contribution in [0.25, 0.3) is 11.0 Å². The maximum Gasteiger partial charge on any atom is 0.339 e. The van der Waals surface area contributed by atoms with E-state index >= 15 is 0 Å². The number of fused-ring (bicyclic) bond motifs is 3. The van der Waals surface area contributed by atoms with Crippen LogP contribution in [0.15, 0.2) is 50.5 Å². The third-order valence-electron chi connectivity index (χ3n) is 6.08. The van der Waals surface area contributed by atoms with Gasteiger partial charge in [-0.2, -0.15) is 4.72 Å². The van der Waals surface area contributed by atoms with Crippen LogP contribution in [-0.4, -0.2) is 20.4 Å². The van der Waals surface area contributed by atoms with Crippen molar-refractivity contribution in [3.63, 3.8) is 0 Å². The van der Waals surface area contributed by atoms with E-state index in [9.17, 15) is 18.0 Å². The van der Waals surface area contributed by atoms with Crippen LogP contribution < -0.4 is 15.1 Å². The molecule has 0 fully saturated rings. The first-order valence-corrected chi connectivity index (χ1v) is 12.5. The van der Waals surface area contributed by atoms with Crippen molar-refractivity contribution in [1.82, 2.24) is 4.72 Å². The van der Waals surface area contributed by atoms with Gasteiger partial charge in [0, 0.05) is 16.5 Å². The number of aryl methyl sites for hydroxylation is 3. The van der Waals surface area contributed by atoms with Gasteiger partial charge in [0.25, 0.3) is 0 Å². The average Bonchev–Trinajstić information content (AvgIpc) is 3.25. The van der Waals surface area contributed by atoms with Gasteiger partial charge < -0.3 is 9.15 Å². The summed E-state index contributed by atoms with van der Waals surface area (Å²) in [6.07, 6.45) is 2.43. The molecule has 8 heteroatoms. The normalized spacial score (nSPS) is 14.5. The molecule has 1 heterocycles. The molecule has 2 aromatic carbocycles. The van der Waals surface area contributed by atoms with E-state index in [2.05, 4.69) is 4.72 Å². The molecular formula is C25H27NO6S. The maximum atomic E-state index is 13.0. The van der Waals surface area contributed by atoms with Gasteiger partial charge in [0.1, 0.15) is 17.4 Å². The van der Waals surface area contributed by atoms with Crippen molar-refractivity contribution >= 4 is 27.0 Å². The van der Waals surface area contributed by atoms with Gasteiger partial charge in [0.15, 0.2) is 0 Å². The number of hydrogen-bond acceptors (Lipinski definition) is 6. The van der Waals surface area contributed by atoms with E-state index in [0.717, 1.165) is 34.9 Å². The molecule has 174 valence electrons. The van der Waals surface area contributed by atoms with Crippen LogP contribution in [0.4, 0.5) is 0 Å². The monoisotopic (exact) mass is 469 g/mol. The number of ether oxygens (including phenoxy) is 1. The van der Waals surface area contributed by atoms with E-state index < -0.39 is 22.0 Å². The van der Waals surface area contributed by atoms with Crippen LogP contribution in [0.3, 0.4) is 0 Å². The molecule has 0 spiro atoms. The topological polar surface area (TPSA) is 103 Å².